The maximum absolute atomic E-state index is 12.1. The van der Waals surface area contributed by atoms with E-state index < -0.39 is 5.60 Å². The molecule has 1 aromatic carbocycles. The van der Waals surface area contributed by atoms with Gasteiger partial charge in [0.2, 0.25) is 0 Å². The fourth-order valence-corrected chi connectivity index (χ4v) is 5.07. The largest absolute Gasteiger partial charge is 0.497 e. The Bertz CT molecular complexity index is 838. The van der Waals surface area contributed by atoms with Gasteiger partial charge in [0, 0.05) is 45.1 Å². The number of aliphatic hydroxyl groups is 1. The van der Waals surface area contributed by atoms with Crippen LogP contribution >= 0.6 is 0 Å². The van der Waals surface area contributed by atoms with Crippen LogP contribution in [-0.4, -0.2) is 67.4 Å². The van der Waals surface area contributed by atoms with Crippen molar-refractivity contribution in [3.63, 3.8) is 0 Å². The molecule has 31 heavy (non-hydrogen) atoms. The van der Waals surface area contributed by atoms with E-state index in [0.29, 0.717) is 12.8 Å². The summed E-state index contributed by atoms with van der Waals surface area (Å²) in [6.07, 6.45) is 8.37. The van der Waals surface area contributed by atoms with E-state index >= 15 is 0 Å². The van der Waals surface area contributed by atoms with Crippen LogP contribution in [0.15, 0.2) is 52.7 Å². The molecule has 2 fully saturated rings. The number of piperazine rings is 1. The van der Waals surface area contributed by atoms with E-state index in [1.807, 2.05) is 24.3 Å². The molecule has 1 aliphatic carbocycles. The van der Waals surface area contributed by atoms with Crippen molar-refractivity contribution in [2.45, 2.75) is 37.7 Å². The second-order valence-electron chi connectivity index (χ2n) is 9.32. The summed E-state index contributed by atoms with van der Waals surface area (Å²) in [5.74, 6) is 1.98. The molecule has 168 valence electrons. The van der Waals surface area contributed by atoms with Crippen LogP contribution in [0.25, 0.3) is 6.08 Å². The predicted molar refractivity (Wildman–Crippen MR) is 124 cm³/mol. The van der Waals surface area contributed by atoms with E-state index in [0.717, 1.165) is 69.1 Å². The normalized spacial score (nSPS) is 27.3. The fourth-order valence-electron chi connectivity index (χ4n) is 5.07. The van der Waals surface area contributed by atoms with Crippen LogP contribution < -0.4 is 4.74 Å². The summed E-state index contributed by atoms with van der Waals surface area (Å²) < 4.78 is 10.9. The van der Waals surface area contributed by atoms with Crippen LogP contribution in [0.2, 0.25) is 0 Å². The second-order valence-corrected chi connectivity index (χ2v) is 9.32. The van der Waals surface area contributed by atoms with E-state index in [4.69, 9.17) is 9.15 Å². The SMILES string of the molecule is COc1ccc(CC2(O)C/C(=C\c3ccco3)CCCC2CN2CCN(C)CC2)cc1. The highest BCUT2D eigenvalue weighted by atomic mass is 16.5. The van der Waals surface area contributed by atoms with Crippen molar-refractivity contribution >= 4 is 6.08 Å². The Morgan fingerprint density at radius 2 is 1.94 bits per heavy atom. The lowest BCUT2D eigenvalue weighted by atomic mass is 9.77. The lowest BCUT2D eigenvalue weighted by Gasteiger charge is -2.41. The van der Waals surface area contributed by atoms with Gasteiger partial charge in [-0.05, 0) is 68.6 Å². The third-order valence-corrected chi connectivity index (χ3v) is 6.98. The zero-order valence-electron chi connectivity index (χ0n) is 18.9. The number of nitrogens with zero attached hydrogens (tertiary/aromatic N) is 2. The molecule has 1 saturated carbocycles. The summed E-state index contributed by atoms with van der Waals surface area (Å²) in [7, 11) is 3.88. The van der Waals surface area contributed by atoms with Gasteiger partial charge in [0.05, 0.1) is 19.0 Å². The van der Waals surface area contributed by atoms with Crippen molar-refractivity contribution in [3.8, 4) is 5.75 Å². The maximum atomic E-state index is 12.1. The van der Waals surface area contributed by atoms with Gasteiger partial charge in [0.25, 0.3) is 0 Å². The molecule has 5 heteroatoms. The fraction of sp³-hybridized carbons (Fsp3) is 0.538. The predicted octanol–water partition coefficient (Wildman–Crippen LogP) is 4.08. The van der Waals surface area contributed by atoms with Gasteiger partial charge in [0.15, 0.2) is 0 Å². The number of ether oxygens (including phenoxy) is 1. The van der Waals surface area contributed by atoms with E-state index in [9.17, 15) is 5.11 Å². The average Bonchev–Trinajstić information content (AvgIpc) is 3.22. The van der Waals surface area contributed by atoms with Gasteiger partial charge in [-0.2, -0.15) is 0 Å². The molecule has 0 spiro atoms. The van der Waals surface area contributed by atoms with Crippen molar-refractivity contribution in [2.24, 2.45) is 5.92 Å². The first-order valence-electron chi connectivity index (χ1n) is 11.5. The highest BCUT2D eigenvalue weighted by Gasteiger charge is 2.40. The lowest BCUT2D eigenvalue weighted by molar-refractivity contribution is -0.0347. The number of rotatable bonds is 6. The van der Waals surface area contributed by atoms with Crippen LogP contribution in [-0.2, 0) is 6.42 Å². The third-order valence-electron chi connectivity index (χ3n) is 6.98. The molecule has 1 N–H and O–H groups in total. The Balaban J connectivity index is 1.56. The maximum Gasteiger partial charge on any atom is 0.126 e. The van der Waals surface area contributed by atoms with Crippen molar-refractivity contribution in [1.82, 2.24) is 9.80 Å². The molecule has 4 rings (SSSR count). The first kappa shape index (κ1) is 22.1. The number of methoxy groups -OCH3 is 1. The van der Waals surface area contributed by atoms with E-state index in [1.54, 1.807) is 13.4 Å². The number of hydrogen-bond donors (Lipinski definition) is 1. The molecule has 0 bridgehead atoms. The quantitative estimate of drug-likeness (QED) is 0.708. The summed E-state index contributed by atoms with van der Waals surface area (Å²) >= 11 is 0. The number of furan rings is 1. The van der Waals surface area contributed by atoms with Gasteiger partial charge in [-0.25, -0.2) is 0 Å². The lowest BCUT2D eigenvalue weighted by Crippen LogP contribution is -2.50. The number of likely N-dealkylation sites (N-methyl/N-ethyl adjacent to an activating group) is 1. The van der Waals surface area contributed by atoms with Gasteiger partial charge < -0.3 is 24.1 Å². The molecule has 1 aromatic heterocycles. The Hall–Kier alpha value is -2.08. The molecule has 2 aliphatic rings. The molecular weight excluding hydrogens is 388 g/mol. The summed E-state index contributed by atoms with van der Waals surface area (Å²) in [5, 5.41) is 12.1. The first-order chi connectivity index (χ1) is 15.0. The monoisotopic (exact) mass is 424 g/mol. The standard InChI is InChI=1S/C26H36N2O3/c1-27-12-14-28(15-13-27)20-23-6-3-5-22(17-25-7-4-16-31-25)19-26(23,29)18-21-8-10-24(30-2)11-9-21/h4,7-11,16-17,23,29H,3,5-6,12-15,18-20H2,1-2H3/b22-17-. The Kier molecular flexibility index (Phi) is 7.16. The Labute approximate surface area is 186 Å². The highest BCUT2D eigenvalue weighted by molar-refractivity contribution is 5.48. The van der Waals surface area contributed by atoms with Gasteiger partial charge in [0.1, 0.15) is 11.5 Å². The number of benzene rings is 1. The van der Waals surface area contributed by atoms with E-state index in [1.165, 1.54) is 5.57 Å². The molecule has 1 aliphatic heterocycles. The zero-order valence-corrected chi connectivity index (χ0v) is 18.9. The average molecular weight is 425 g/mol. The van der Waals surface area contributed by atoms with Gasteiger partial charge in [-0.1, -0.05) is 17.7 Å². The molecule has 0 radical (unpaired) electrons. The van der Waals surface area contributed by atoms with Crippen molar-refractivity contribution in [2.75, 3.05) is 46.9 Å². The van der Waals surface area contributed by atoms with Crippen molar-refractivity contribution in [1.29, 1.82) is 0 Å². The van der Waals surface area contributed by atoms with Crippen LogP contribution in [0.1, 0.15) is 37.0 Å². The zero-order chi connectivity index (χ0) is 21.7. The molecule has 0 amide bonds. The molecule has 5 nitrogen and oxygen atoms in total. The summed E-state index contributed by atoms with van der Waals surface area (Å²) in [4.78, 5) is 4.93. The van der Waals surface area contributed by atoms with Gasteiger partial charge in [-0.15, -0.1) is 0 Å². The highest BCUT2D eigenvalue weighted by Crippen LogP contribution is 2.39. The minimum Gasteiger partial charge on any atom is -0.497 e. The van der Waals surface area contributed by atoms with Gasteiger partial charge in [-0.3, -0.25) is 0 Å². The minimum atomic E-state index is -0.771. The van der Waals surface area contributed by atoms with Crippen LogP contribution in [0.5, 0.6) is 5.75 Å². The van der Waals surface area contributed by atoms with E-state index in [-0.39, 0.29) is 5.92 Å². The summed E-state index contributed by atoms with van der Waals surface area (Å²) in [6.45, 7) is 5.34. The topological polar surface area (TPSA) is 49.1 Å². The molecular formula is C26H36N2O3. The van der Waals surface area contributed by atoms with E-state index in [2.05, 4.69) is 35.1 Å². The van der Waals surface area contributed by atoms with Crippen molar-refractivity contribution < 1.29 is 14.3 Å². The molecule has 2 heterocycles. The number of hydrogen-bond acceptors (Lipinski definition) is 5. The molecule has 2 aromatic rings. The third kappa shape index (κ3) is 5.79. The smallest absolute Gasteiger partial charge is 0.126 e. The second kappa shape index (κ2) is 10.0. The first-order valence-corrected chi connectivity index (χ1v) is 11.5. The van der Waals surface area contributed by atoms with Crippen LogP contribution in [0.4, 0.5) is 0 Å². The minimum absolute atomic E-state index is 0.250. The molecule has 1 saturated heterocycles. The molecule has 2 unspecified atom stereocenters. The van der Waals surface area contributed by atoms with Crippen molar-refractivity contribution in [3.05, 3.63) is 59.6 Å². The van der Waals surface area contributed by atoms with Crippen LogP contribution in [0.3, 0.4) is 0 Å². The van der Waals surface area contributed by atoms with Gasteiger partial charge >= 0.3 is 0 Å². The Morgan fingerprint density at radius 3 is 2.61 bits per heavy atom. The summed E-state index contributed by atoms with van der Waals surface area (Å²) in [5.41, 5.74) is 1.67. The Morgan fingerprint density at radius 1 is 1.16 bits per heavy atom. The summed E-state index contributed by atoms with van der Waals surface area (Å²) in [6, 6.07) is 12.1. The van der Waals surface area contributed by atoms with Crippen LogP contribution in [0, 0.1) is 5.92 Å². The molecule has 2 atom stereocenters.